The van der Waals surface area contributed by atoms with Crippen LogP contribution in [0.3, 0.4) is 0 Å². The molecule has 3 heterocycles. The van der Waals surface area contributed by atoms with Gasteiger partial charge in [0.2, 0.25) is 0 Å². The first-order valence-electron chi connectivity index (χ1n) is 9.66. The lowest BCUT2D eigenvalue weighted by Gasteiger charge is -2.12. The number of imidazole rings is 1. The number of esters is 1. The summed E-state index contributed by atoms with van der Waals surface area (Å²) in [7, 11) is 0. The number of benzene rings is 1. The molecule has 0 fully saturated rings. The molecule has 1 aromatic carbocycles. The van der Waals surface area contributed by atoms with E-state index in [1.807, 2.05) is 47.8 Å². The van der Waals surface area contributed by atoms with E-state index < -0.39 is 5.97 Å². The minimum atomic E-state index is -0.444. The smallest absolute Gasteiger partial charge is 0.343 e. The maximum Gasteiger partial charge on any atom is 0.343 e. The quantitative estimate of drug-likeness (QED) is 0.411. The predicted octanol–water partition coefficient (Wildman–Crippen LogP) is 4.43. The molecule has 3 aromatic heterocycles. The van der Waals surface area contributed by atoms with Crippen LogP contribution in [0.1, 0.15) is 23.0 Å². The maximum atomic E-state index is 12.4. The third-order valence-electron chi connectivity index (χ3n) is 4.46. The van der Waals surface area contributed by atoms with Crippen LogP contribution in [-0.2, 0) is 11.2 Å². The van der Waals surface area contributed by atoms with Crippen molar-refractivity contribution in [1.29, 1.82) is 0 Å². The minimum Gasteiger partial charge on any atom is -0.462 e. The average Bonchev–Trinajstić information content (AvgIpc) is 3.46. The Hall–Kier alpha value is -3.52. The largest absolute Gasteiger partial charge is 0.462 e. The van der Waals surface area contributed by atoms with Crippen LogP contribution in [0.25, 0.3) is 22.0 Å². The monoisotopic (exact) mass is 419 g/mol. The number of ether oxygens (including phenoxy) is 1. The molecule has 2 N–H and O–H groups in total. The zero-order valence-electron chi connectivity index (χ0n) is 16.5. The highest BCUT2D eigenvalue weighted by Crippen LogP contribution is 2.26. The molecular formula is C22H21N5O2S. The first-order valence-corrected chi connectivity index (χ1v) is 10.5. The first-order chi connectivity index (χ1) is 14.8. The van der Waals surface area contributed by atoms with E-state index in [4.69, 9.17) is 4.74 Å². The van der Waals surface area contributed by atoms with E-state index in [1.165, 1.54) is 6.20 Å². The lowest BCUT2D eigenvalue weighted by molar-refractivity contribution is 0.0526. The molecule has 4 rings (SSSR count). The molecule has 4 aromatic rings. The van der Waals surface area contributed by atoms with Gasteiger partial charge < -0.3 is 15.0 Å². The van der Waals surface area contributed by atoms with Gasteiger partial charge in [0.1, 0.15) is 17.1 Å². The molecule has 152 valence electrons. The number of rotatable bonds is 8. The Labute approximate surface area is 178 Å². The molecule has 0 spiro atoms. The molecule has 0 amide bonds. The van der Waals surface area contributed by atoms with Crippen molar-refractivity contribution in [2.24, 2.45) is 0 Å². The summed E-state index contributed by atoms with van der Waals surface area (Å²) in [4.78, 5) is 30.1. The fraction of sp³-hybridized carbons (Fsp3) is 0.182. The molecule has 0 saturated heterocycles. The fourth-order valence-corrected chi connectivity index (χ4v) is 3.79. The second-order valence-corrected chi connectivity index (χ2v) is 7.37. The number of thiophene rings is 1. The maximum absolute atomic E-state index is 12.4. The summed E-state index contributed by atoms with van der Waals surface area (Å²) in [5, 5.41) is 5.31. The topological polar surface area (TPSA) is 92.8 Å². The number of aromatic amines is 1. The van der Waals surface area contributed by atoms with Crippen LogP contribution in [0.5, 0.6) is 0 Å². The summed E-state index contributed by atoms with van der Waals surface area (Å²) in [6, 6.07) is 13.7. The Kier molecular flexibility index (Phi) is 6.14. The van der Waals surface area contributed by atoms with Crippen molar-refractivity contribution in [3.05, 3.63) is 71.6 Å². The van der Waals surface area contributed by atoms with E-state index >= 15 is 0 Å². The second kappa shape index (κ2) is 9.32. The molecule has 0 aliphatic carbocycles. The fourth-order valence-electron chi connectivity index (χ4n) is 3.04. The van der Waals surface area contributed by atoms with Gasteiger partial charge in [-0.1, -0.05) is 36.4 Å². The van der Waals surface area contributed by atoms with Crippen LogP contribution in [-0.4, -0.2) is 39.1 Å². The highest BCUT2D eigenvalue weighted by atomic mass is 32.1. The van der Waals surface area contributed by atoms with Gasteiger partial charge in [-0.2, -0.15) is 0 Å². The first kappa shape index (κ1) is 19.8. The van der Waals surface area contributed by atoms with Gasteiger partial charge in [-0.05, 0) is 18.4 Å². The van der Waals surface area contributed by atoms with E-state index in [0.717, 1.165) is 21.8 Å². The summed E-state index contributed by atoms with van der Waals surface area (Å²) in [5.74, 6) is 0.562. The van der Waals surface area contributed by atoms with Crippen molar-refractivity contribution in [2.45, 2.75) is 13.3 Å². The molecule has 8 heteroatoms. The normalized spacial score (nSPS) is 10.7. The number of nitrogens with zero attached hydrogens (tertiary/aromatic N) is 3. The summed E-state index contributed by atoms with van der Waals surface area (Å²) < 4.78 is 5.16. The van der Waals surface area contributed by atoms with E-state index in [2.05, 4.69) is 25.3 Å². The lowest BCUT2D eigenvalue weighted by Crippen LogP contribution is -2.15. The van der Waals surface area contributed by atoms with E-state index in [1.54, 1.807) is 24.6 Å². The molecule has 0 bridgehead atoms. The van der Waals surface area contributed by atoms with Gasteiger partial charge in [-0.3, -0.25) is 0 Å². The average molecular weight is 420 g/mol. The van der Waals surface area contributed by atoms with Crippen molar-refractivity contribution in [2.75, 3.05) is 18.5 Å². The zero-order valence-corrected chi connectivity index (χ0v) is 17.3. The lowest BCUT2D eigenvalue weighted by atomic mass is 10.2. The highest BCUT2D eigenvalue weighted by Gasteiger charge is 2.17. The van der Waals surface area contributed by atoms with Crippen molar-refractivity contribution < 1.29 is 9.53 Å². The number of hydrogen-bond donors (Lipinski definition) is 2. The van der Waals surface area contributed by atoms with Crippen LogP contribution >= 0.6 is 11.3 Å². The number of nitrogens with one attached hydrogen (secondary N) is 2. The Balaban J connectivity index is 1.54. The summed E-state index contributed by atoms with van der Waals surface area (Å²) in [6.45, 7) is 2.63. The van der Waals surface area contributed by atoms with E-state index in [9.17, 15) is 4.79 Å². The summed E-state index contributed by atoms with van der Waals surface area (Å²) in [5.41, 5.74) is 3.18. The molecule has 7 nitrogen and oxygen atoms in total. The van der Waals surface area contributed by atoms with Gasteiger partial charge in [0.05, 0.1) is 17.8 Å². The zero-order chi connectivity index (χ0) is 20.8. The second-order valence-electron chi connectivity index (χ2n) is 6.43. The Morgan fingerprint density at radius 1 is 1.17 bits per heavy atom. The van der Waals surface area contributed by atoms with Crippen LogP contribution in [0.15, 0.2) is 60.4 Å². The molecule has 0 unspecified atom stereocenters. The third kappa shape index (κ3) is 4.38. The Morgan fingerprint density at radius 3 is 2.80 bits per heavy atom. The van der Waals surface area contributed by atoms with Crippen molar-refractivity contribution in [3.63, 3.8) is 0 Å². The van der Waals surface area contributed by atoms with Crippen molar-refractivity contribution in [3.8, 4) is 22.0 Å². The van der Waals surface area contributed by atoms with Crippen LogP contribution in [0, 0.1) is 0 Å². The van der Waals surface area contributed by atoms with Crippen LogP contribution < -0.4 is 5.32 Å². The van der Waals surface area contributed by atoms with E-state index in [-0.39, 0.29) is 6.61 Å². The number of hydrogen-bond acceptors (Lipinski definition) is 7. The molecule has 0 saturated carbocycles. The molecular weight excluding hydrogens is 398 g/mol. The van der Waals surface area contributed by atoms with Gasteiger partial charge in [-0.15, -0.1) is 11.3 Å². The van der Waals surface area contributed by atoms with Crippen LogP contribution in [0.2, 0.25) is 0 Å². The standard InChI is InChI=1S/C22H21N5O2S/c1-2-29-22(28)16-13-24-20(15-7-4-3-5-8-15)27-21(16)23-11-10-17-19(26-14-25-17)18-9-6-12-30-18/h3-9,12-14H,2,10-11H2,1H3,(H,25,26)(H,23,24,27). The summed E-state index contributed by atoms with van der Waals surface area (Å²) >= 11 is 1.65. The SMILES string of the molecule is CCOC(=O)c1cnc(-c2ccccc2)nc1NCCc1[nH]cnc1-c1cccs1. The molecule has 0 aliphatic rings. The number of H-pyrrole nitrogens is 1. The van der Waals surface area contributed by atoms with Gasteiger partial charge in [0.15, 0.2) is 5.82 Å². The van der Waals surface area contributed by atoms with Gasteiger partial charge in [0, 0.05) is 30.4 Å². The molecule has 0 aliphatic heterocycles. The predicted molar refractivity (Wildman–Crippen MR) is 118 cm³/mol. The number of aromatic nitrogens is 4. The number of carbonyl (C=O) groups excluding carboxylic acids is 1. The molecule has 0 atom stereocenters. The highest BCUT2D eigenvalue weighted by molar-refractivity contribution is 7.13. The number of carbonyl (C=O) groups is 1. The van der Waals surface area contributed by atoms with Gasteiger partial charge in [-0.25, -0.2) is 19.7 Å². The van der Waals surface area contributed by atoms with Gasteiger partial charge in [0.25, 0.3) is 0 Å². The van der Waals surface area contributed by atoms with Gasteiger partial charge >= 0.3 is 5.97 Å². The van der Waals surface area contributed by atoms with Crippen LogP contribution in [0.4, 0.5) is 5.82 Å². The molecule has 30 heavy (non-hydrogen) atoms. The number of anilines is 1. The Bertz CT molecular complexity index is 1110. The minimum absolute atomic E-state index is 0.289. The Morgan fingerprint density at radius 2 is 2.03 bits per heavy atom. The van der Waals surface area contributed by atoms with Crippen molar-refractivity contribution in [1.82, 2.24) is 19.9 Å². The van der Waals surface area contributed by atoms with Crippen molar-refractivity contribution >= 4 is 23.1 Å². The van der Waals surface area contributed by atoms with E-state index in [0.29, 0.717) is 30.2 Å². The summed E-state index contributed by atoms with van der Waals surface area (Å²) in [6.07, 6.45) is 3.91. The third-order valence-corrected chi connectivity index (χ3v) is 5.33. The molecule has 0 radical (unpaired) electrons.